The highest BCUT2D eigenvalue weighted by atomic mass is 32.2. The summed E-state index contributed by atoms with van der Waals surface area (Å²) >= 11 is 6.68. The molecule has 0 spiro atoms. The number of thiocarbonyl (C=S) groups is 1. The van der Waals surface area contributed by atoms with Gasteiger partial charge in [-0.05, 0) is 70.6 Å². The van der Waals surface area contributed by atoms with Crippen molar-refractivity contribution in [1.29, 1.82) is 0 Å². The van der Waals surface area contributed by atoms with Crippen molar-refractivity contribution >= 4 is 46.0 Å². The first kappa shape index (κ1) is 25.0. The first-order valence-electron chi connectivity index (χ1n) is 9.63. The third-order valence-corrected chi connectivity index (χ3v) is 4.63. The average Bonchev–Trinajstić information content (AvgIpc) is 2.63. The van der Waals surface area contributed by atoms with Gasteiger partial charge in [0.15, 0.2) is 10.3 Å². The van der Waals surface area contributed by atoms with Crippen LogP contribution >= 0.6 is 24.0 Å². The van der Waals surface area contributed by atoms with E-state index in [1.54, 1.807) is 4.90 Å². The number of thioether (sulfide) groups is 1. The molecular weight excluding hydrogens is 408 g/mol. The Morgan fingerprint density at radius 3 is 2.48 bits per heavy atom. The Morgan fingerprint density at radius 2 is 1.93 bits per heavy atom. The van der Waals surface area contributed by atoms with Crippen LogP contribution in [0.4, 0.5) is 10.5 Å². The number of carbonyl (C=O) groups is 1. The first-order valence-corrected chi connectivity index (χ1v) is 11.0. The molecule has 0 fully saturated rings. The molecule has 1 amide bonds. The second-order valence-electron chi connectivity index (χ2n) is 7.16. The number of likely N-dealkylation sites (N-methyl/N-ethyl adjacent to an activating group) is 1. The van der Waals surface area contributed by atoms with Gasteiger partial charge in [-0.25, -0.2) is 4.79 Å². The summed E-state index contributed by atoms with van der Waals surface area (Å²) in [6.07, 6.45) is 0.685. The maximum atomic E-state index is 12.1. The van der Waals surface area contributed by atoms with Crippen LogP contribution in [0.2, 0.25) is 0 Å². The number of nitrogens with one attached hydrogen (secondary N) is 1. The van der Waals surface area contributed by atoms with Crippen molar-refractivity contribution in [2.45, 2.75) is 46.6 Å². The summed E-state index contributed by atoms with van der Waals surface area (Å²) in [6.45, 7) is 10.9. The summed E-state index contributed by atoms with van der Waals surface area (Å²) in [5.74, 6) is 1.61. The molecule has 29 heavy (non-hydrogen) atoms. The predicted octanol–water partition coefficient (Wildman–Crippen LogP) is 4.48. The van der Waals surface area contributed by atoms with Crippen molar-refractivity contribution in [3.05, 3.63) is 24.3 Å². The van der Waals surface area contributed by atoms with Crippen LogP contribution in [0.25, 0.3) is 0 Å². The van der Waals surface area contributed by atoms with E-state index in [4.69, 9.17) is 27.4 Å². The van der Waals surface area contributed by atoms with Gasteiger partial charge in [-0.1, -0.05) is 18.7 Å². The summed E-state index contributed by atoms with van der Waals surface area (Å²) in [4.78, 5) is 17.9. The van der Waals surface area contributed by atoms with Crippen LogP contribution in [0.15, 0.2) is 29.3 Å². The topological polar surface area (TPSA) is 89.2 Å². The van der Waals surface area contributed by atoms with E-state index < -0.39 is 5.60 Å². The highest BCUT2D eigenvalue weighted by Gasteiger charge is 2.20. The number of nitrogens with two attached hydrogens (primary N) is 1. The average molecular weight is 441 g/mol. The molecule has 0 aliphatic rings. The Bertz CT molecular complexity index is 688. The largest absolute Gasteiger partial charge is 0.492 e. The minimum absolute atomic E-state index is 0.315. The van der Waals surface area contributed by atoms with E-state index in [0.717, 1.165) is 17.9 Å². The molecule has 0 atom stereocenters. The molecule has 7 nitrogen and oxygen atoms in total. The van der Waals surface area contributed by atoms with Gasteiger partial charge >= 0.3 is 6.09 Å². The number of anilines is 1. The van der Waals surface area contributed by atoms with E-state index in [-0.39, 0.29) is 6.09 Å². The Hall–Kier alpha value is -2.00. The molecule has 162 valence electrons. The lowest BCUT2D eigenvalue weighted by Crippen LogP contribution is -2.38. The minimum atomic E-state index is -0.516. The number of amidine groups is 1. The Morgan fingerprint density at radius 1 is 1.28 bits per heavy atom. The lowest BCUT2D eigenvalue weighted by atomic mass is 10.2. The summed E-state index contributed by atoms with van der Waals surface area (Å²) in [5.41, 5.74) is 6.09. The smallest absolute Gasteiger partial charge is 0.410 e. The second-order valence-corrected chi connectivity index (χ2v) is 8.66. The molecule has 0 saturated carbocycles. The highest BCUT2D eigenvalue weighted by molar-refractivity contribution is 8.13. The molecule has 0 unspecified atom stereocenters. The number of aliphatic imine (C=N–C) groups is 1. The summed E-state index contributed by atoms with van der Waals surface area (Å²) in [6, 6.07) is 7.34. The molecule has 0 heterocycles. The summed E-state index contributed by atoms with van der Waals surface area (Å²) in [7, 11) is 0. The molecule has 3 N–H and O–H groups in total. The Balaban J connectivity index is 2.48. The van der Waals surface area contributed by atoms with Crippen molar-refractivity contribution in [2.24, 2.45) is 10.7 Å². The van der Waals surface area contributed by atoms with Crippen LogP contribution in [-0.4, -0.2) is 52.3 Å². The van der Waals surface area contributed by atoms with Crippen molar-refractivity contribution in [2.75, 3.05) is 30.8 Å². The fraction of sp³-hybridized carbons (Fsp3) is 0.550. The maximum Gasteiger partial charge on any atom is 0.410 e. The molecule has 9 heteroatoms. The number of hydrogen-bond acceptors (Lipinski definition) is 5. The molecule has 0 aliphatic heterocycles. The maximum absolute atomic E-state index is 12.1. The van der Waals surface area contributed by atoms with Gasteiger partial charge in [0.2, 0.25) is 0 Å². The third kappa shape index (κ3) is 10.9. The van der Waals surface area contributed by atoms with E-state index in [2.05, 4.69) is 17.2 Å². The zero-order valence-electron chi connectivity index (χ0n) is 17.9. The van der Waals surface area contributed by atoms with Gasteiger partial charge in [-0.3, -0.25) is 0 Å². The monoisotopic (exact) mass is 440 g/mol. The highest BCUT2D eigenvalue weighted by Crippen LogP contribution is 2.16. The summed E-state index contributed by atoms with van der Waals surface area (Å²) < 4.78 is 11.1. The first-order chi connectivity index (χ1) is 13.6. The number of nitrogens with zero attached hydrogens (tertiary/aromatic N) is 2. The van der Waals surface area contributed by atoms with Crippen LogP contribution in [0.1, 0.15) is 41.0 Å². The standard InChI is InChI=1S/C20H32N4O3S2/c1-6-14-29-17(21)23-18(28)22-15-8-10-16(11-9-15)26-13-12-24(7-2)19(25)27-20(3,4)5/h8-11H,6-7,12-14H2,1-5H3,(H3,21,22,23,28). The molecule has 1 aromatic rings. The molecule has 0 bridgehead atoms. The number of ether oxygens (including phenoxy) is 2. The number of hydrogen-bond donors (Lipinski definition) is 2. The molecule has 0 aliphatic carbocycles. The second kappa shape index (κ2) is 12.5. The molecule has 1 aromatic carbocycles. The number of rotatable bonds is 8. The van der Waals surface area contributed by atoms with Crippen molar-refractivity contribution in [1.82, 2.24) is 4.90 Å². The van der Waals surface area contributed by atoms with Gasteiger partial charge in [-0.2, -0.15) is 4.99 Å². The van der Waals surface area contributed by atoms with E-state index in [1.165, 1.54) is 11.8 Å². The van der Waals surface area contributed by atoms with Crippen molar-refractivity contribution < 1.29 is 14.3 Å². The fourth-order valence-electron chi connectivity index (χ4n) is 2.10. The van der Waals surface area contributed by atoms with Crippen LogP contribution < -0.4 is 15.8 Å². The van der Waals surface area contributed by atoms with Gasteiger partial charge in [0, 0.05) is 18.0 Å². The van der Waals surface area contributed by atoms with Crippen LogP contribution in [0.3, 0.4) is 0 Å². The normalized spacial score (nSPS) is 11.7. The molecule has 0 aromatic heterocycles. The van der Waals surface area contributed by atoms with Gasteiger partial charge in [0.05, 0.1) is 6.54 Å². The van der Waals surface area contributed by atoms with Gasteiger partial charge < -0.3 is 25.4 Å². The molecule has 0 saturated heterocycles. The van der Waals surface area contributed by atoms with Gasteiger partial charge in [0.25, 0.3) is 0 Å². The number of carbonyl (C=O) groups excluding carboxylic acids is 1. The minimum Gasteiger partial charge on any atom is -0.492 e. The SMILES string of the molecule is CCCSC(N)=NC(=S)Nc1ccc(OCCN(CC)C(=O)OC(C)(C)C)cc1. The van der Waals surface area contributed by atoms with Crippen molar-refractivity contribution in [3.63, 3.8) is 0 Å². The zero-order valence-corrected chi connectivity index (χ0v) is 19.5. The van der Waals surface area contributed by atoms with Crippen LogP contribution in [0, 0.1) is 0 Å². The Labute approximate surface area is 183 Å². The summed E-state index contributed by atoms with van der Waals surface area (Å²) in [5, 5.41) is 3.79. The van der Waals surface area contributed by atoms with Gasteiger partial charge in [0.1, 0.15) is 18.0 Å². The van der Waals surface area contributed by atoms with E-state index in [9.17, 15) is 4.79 Å². The molecule has 1 rings (SSSR count). The number of benzene rings is 1. The van der Waals surface area contributed by atoms with Crippen LogP contribution in [0.5, 0.6) is 5.75 Å². The quantitative estimate of drug-likeness (QED) is 0.350. The molecular formula is C20H32N4O3S2. The van der Waals surface area contributed by atoms with Crippen LogP contribution in [-0.2, 0) is 4.74 Å². The molecule has 0 radical (unpaired) electrons. The predicted molar refractivity (Wildman–Crippen MR) is 126 cm³/mol. The lowest BCUT2D eigenvalue weighted by molar-refractivity contribution is 0.0237. The fourth-order valence-corrected chi connectivity index (χ4v) is 2.95. The van der Waals surface area contributed by atoms with Crippen molar-refractivity contribution in [3.8, 4) is 5.75 Å². The van der Waals surface area contributed by atoms with E-state index in [1.807, 2.05) is 52.0 Å². The number of amides is 1. The third-order valence-electron chi connectivity index (χ3n) is 3.43. The lowest BCUT2D eigenvalue weighted by Gasteiger charge is -2.26. The zero-order chi connectivity index (χ0) is 21.9. The van der Waals surface area contributed by atoms with E-state index in [0.29, 0.717) is 35.7 Å². The Kier molecular flexibility index (Phi) is 10.8. The van der Waals surface area contributed by atoms with Gasteiger partial charge in [-0.15, -0.1) is 0 Å². The van der Waals surface area contributed by atoms with E-state index >= 15 is 0 Å².